The Morgan fingerprint density at radius 2 is 1.86 bits per heavy atom. The number of aryl methyl sites for hydroxylation is 1. The minimum absolute atomic E-state index is 0.800. The van der Waals surface area contributed by atoms with Gasteiger partial charge in [-0.1, -0.05) is 24.3 Å². The highest BCUT2D eigenvalue weighted by Gasteiger charge is 2.19. The minimum Gasteiger partial charge on any atom is -0.314 e. The van der Waals surface area contributed by atoms with Crippen molar-refractivity contribution in [1.29, 1.82) is 0 Å². The highest BCUT2D eigenvalue weighted by atomic mass is 79.9. The van der Waals surface area contributed by atoms with E-state index in [-0.39, 0.29) is 0 Å². The van der Waals surface area contributed by atoms with Crippen LogP contribution in [-0.4, -0.2) is 22.4 Å². The van der Waals surface area contributed by atoms with E-state index in [4.69, 9.17) is 0 Å². The summed E-state index contributed by atoms with van der Waals surface area (Å²) in [7, 11) is 0. The lowest BCUT2D eigenvalue weighted by Crippen LogP contribution is -2.19. The number of benzene rings is 1. The van der Waals surface area contributed by atoms with Crippen molar-refractivity contribution in [1.82, 2.24) is 15.1 Å². The number of nitrogens with one attached hydrogen (secondary N) is 1. The lowest BCUT2D eigenvalue weighted by atomic mass is 10.1. The van der Waals surface area contributed by atoms with Gasteiger partial charge in [-0.05, 0) is 66.7 Å². The van der Waals surface area contributed by atoms with E-state index in [2.05, 4.69) is 62.2 Å². The molecule has 0 atom stereocenters. The number of halogens is 1. The number of rotatable bonds is 6. The van der Waals surface area contributed by atoms with Crippen LogP contribution in [0, 0.1) is 13.8 Å². The maximum atomic E-state index is 4.56. The lowest BCUT2D eigenvalue weighted by Gasteiger charge is -2.07. The van der Waals surface area contributed by atoms with Crippen LogP contribution in [0.15, 0.2) is 28.7 Å². The molecule has 3 rings (SSSR count). The van der Waals surface area contributed by atoms with Gasteiger partial charge in [0.25, 0.3) is 0 Å². The van der Waals surface area contributed by atoms with Crippen LogP contribution >= 0.6 is 15.9 Å². The van der Waals surface area contributed by atoms with E-state index in [0.717, 1.165) is 35.7 Å². The zero-order chi connectivity index (χ0) is 14.8. The van der Waals surface area contributed by atoms with Gasteiger partial charge in [-0.3, -0.25) is 4.68 Å². The summed E-state index contributed by atoms with van der Waals surface area (Å²) in [5.41, 5.74) is 4.94. The fourth-order valence-corrected chi connectivity index (χ4v) is 2.81. The molecule has 1 N–H and O–H groups in total. The van der Waals surface area contributed by atoms with E-state index in [9.17, 15) is 0 Å². The molecule has 0 saturated heterocycles. The maximum Gasteiger partial charge on any atom is 0.0738 e. The second-order valence-electron chi connectivity index (χ2n) is 5.94. The Balaban J connectivity index is 1.59. The van der Waals surface area contributed by atoms with E-state index in [1.165, 1.54) is 29.7 Å². The largest absolute Gasteiger partial charge is 0.314 e. The molecule has 1 saturated carbocycles. The molecule has 1 aromatic carbocycles. The molecule has 0 amide bonds. The Bertz CT molecular complexity index is 612. The van der Waals surface area contributed by atoms with E-state index in [0.29, 0.717) is 0 Å². The molecule has 1 aliphatic carbocycles. The number of hydrogen-bond acceptors (Lipinski definition) is 2. The molecule has 0 aliphatic heterocycles. The smallest absolute Gasteiger partial charge is 0.0738 e. The molecule has 0 bridgehead atoms. The average Bonchev–Trinajstić information content (AvgIpc) is 3.27. The zero-order valence-corrected chi connectivity index (χ0v) is 14.3. The van der Waals surface area contributed by atoms with Crippen LogP contribution < -0.4 is 5.32 Å². The van der Waals surface area contributed by atoms with Crippen LogP contribution in [0.2, 0.25) is 0 Å². The van der Waals surface area contributed by atoms with Crippen molar-refractivity contribution in [3.8, 4) is 0 Å². The first-order valence-corrected chi connectivity index (χ1v) is 8.43. The van der Waals surface area contributed by atoms with Gasteiger partial charge in [0.2, 0.25) is 0 Å². The van der Waals surface area contributed by atoms with Gasteiger partial charge in [-0.2, -0.15) is 5.10 Å². The second-order valence-corrected chi connectivity index (χ2v) is 6.73. The number of aromatic nitrogens is 2. The van der Waals surface area contributed by atoms with Crippen LogP contribution in [0.4, 0.5) is 0 Å². The predicted molar refractivity (Wildman–Crippen MR) is 89.7 cm³/mol. The summed E-state index contributed by atoms with van der Waals surface area (Å²) in [6, 6.07) is 9.72. The van der Waals surface area contributed by atoms with Crippen molar-refractivity contribution < 1.29 is 0 Å². The Kier molecular flexibility index (Phi) is 4.45. The van der Waals surface area contributed by atoms with Crippen LogP contribution in [0.3, 0.4) is 0 Å². The van der Waals surface area contributed by atoms with Gasteiger partial charge in [0.1, 0.15) is 0 Å². The average molecular weight is 348 g/mol. The summed E-state index contributed by atoms with van der Waals surface area (Å²) in [4.78, 5) is 0. The fraction of sp³-hybridized carbons (Fsp3) is 0.471. The fourth-order valence-electron chi connectivity index (χ4n) is 2.52. The quantitative estimate of drug-likeness (QED) is 0.864. The third-order valence-corrected chi connectivity index (χ3v) is 5.22. The lowest BCUT2D eigenvalue weighted by molar-refractivity contribution is 0.657. The van der Waals surface area contributed by atoms with Gasteiger partial charge in [-0.25, -0.2) is 0 Å². The Hall–Kier alpha value is -1.13. The third kappa shape index (κ3) is 3.74. The molecular formula is C17H22BrN3. The molecule has 1 aliphatic rings. The van der Waals surface area contributed by atoms with Crippen LogP contribution in [0.25, 0.3) is 0 Å². The summed E-state index contributed by atoms with van der Waals surface area (Å²) in [6.45, 7) is 6.05. The molecule has 1 aromatic heterocycles. The normalized spacial score (nSPS) is 14.6. The van der Waals surface area contributed by atoms with Gasteiger partial charge in [0.15, 0.2) is 0 Å². The molecule has 0 unspecified atom stereocenters. The van der Waals surface area contributed by atoms with Crippen LogP contribution in [-0.2, 0) is 13.0 Å². The van der Waals surface area contributed by atoms with Crippen molar-refractivity contribution in [3.05, 3.63) is 51.3 Å². The van der Waals surface area contributed by atoms with E-state index in [1.54, 1.807) is 0 Å². The first kappa shape index (κ1) is 14.8. The molecule has 0 spiro atoms. The first-order valence-electron chi connectivity index (χ1n) is 7.64. The summed E-state index contributed by atoms with van der Waals surface area (Å²) in [6.07, 6.45) is 3.83. The summed E-state index contributed by atoms with van der Waals surface area (Å²) in [5, 5.41) is 8.12. The molecule has 21 heavy (non-hydrogen) atoms. The topological polar surface area (TPSA) is 29.9 Å². The number of nitrogens with zero attached hydrogens (tertiary/aromatic N) is 2. The minimum atomic E-state index is 0.800. The predicted octanol–water partition coefficient (Wildman–Crippen LogP) is 3.61. The van der Waals surface area contributed by atoms with Crippen LogP contribution in [0.1, 0.15) is 35.4 Å². The zero-order valence-electron chi connectivity index (χ0n) is 12.7. The van der Waals surface area contributed by atoms with E-state index in [1.807, 2.05) is 6.92 Å². The SMILES string of the molecule is Cc1nn(Cc2ccc(CCNC3CC3)cc2)c(C)c1Br. The highest BCUT2D eigenvalue weighted by Crippen LogP contribution is 2.21. The van der Waals surface area contributed by atoms with E-state index < -0.39 is 0 Å². The molecule has 112 valence electrons. The highest BCUT2D eigenvalue weighted by molar-refractivity contribution is 9.10. The summed E-state index contributed by atoms with van der Waals surface area (Å²) < 4.78 is 3.17. The maximum absolute atomic E-state index is 4.56. The monoisotopic (exact) mass is 347 g/mol. The first-order chi connectivity index (χ1) is 10.1. The van der Waals surface area contributed by atoms with Crippen molar-refractivity contribution in [2.45, 2.75) is 45.7 Å². The Morgan fingerprint density at radius 1 is 1.19 bits per heavy atom. The van der Waals surface area contributed by atoms with Crippen molar-refractivity contribution >= 4 is 15.9 Å². The molecule has 1 heterocycles. The summed E-state index contributed by atoms with van der Waals surface area (Å²) >= 11 is 3.58. The molecule has 1 fully saturated rings. The van der Waals surface area contributed by atoms with Crippen LogP contribution in [0.5, 0.6) is 0 Å². The van der Waals surface area contributed by atoms with Gasteiger partial charge in [0.05, 0.1) is 22.4 Å². The van der Waals surface area contributed by atoms with Gasteiger partial charge < -0.3 is 5.32 Å². The van der Waals surface area contributed by atoms with Crippen molar-refractivity contribution in [2.75, 3.05) is 6.54 Å². The molecule has 0 radical (unpaired) electrons. The van der Waals surface area contributed by atoms with Gasteiger partial charge >= 0.3 is 0 Å². The van der Waals surface area contributed by atoms with E-state index >= 15 is 0 Å². The molecule has 2 aromatic rings. The second kappa shape index (κ2) is 6.32. The number of hydrogen-bond donors (Lipinski definition) is 1. The molecule has 4 heteroatoms. The Labute approximate surface area is 134 Å². The van der Waals surface area contributed by atoms with Gasteiger partial charge in [-0.15, -0.1) is 0 Å². The standard InChI is InChI=1S/C17H22BrN3/c1-12-17(18)13(2)21(20-12)11-15-5-3-14(4-6-15)9-10-19-16-7-8-16/h3-6,16,19H,7-11H2,1-2H3. The van der Waals surface area contributed by atoms with Crippen molar-refractivity contribution in [2.24, 2.45) is 0 Å². The molecular weight excluding hydrogens is 326 g/mol. The van der Waals surface area contributed by atoms with Crippen molar-refractivity contribution in [3.63, 3.8) is 0 Å². The third-order valence-electron chi connectivity index (χ3n) is 4.07. The van der Waals surface area contributed by atoms with Gasteiger partial charge in [0, 0.05) is 6.04 Å². The summed E-state index contributed by atoms with van der Waals surface area (Å²) in [5.74, 6) is 0. The Morgan fingerprint density at radius 3 is 2.43 bits per heavy atom. The molecule has 3 nitrogen and oxygen atoms in total.